The summed E-state index contributed by atoms with van der Waals surface area (Å²) in [6.45, 7) is 6.86. The van der Waals surface area contributed by atoms with Crippen molar-refractivity contribution >= 4 is 5.97 Å². The maximum Gasteiger partial charge on any atom is 0.300 e. The van der Waals surface area contributed by atoms with Gasteiger partial charge < -0.3 is 14.6 Å². The molecule has 0 heterocycles. The fourth-order valence-corrected chi connectivity index (χ4v) is 2.24. The van der Waals surface area contributed by atoms with Gasteiger partial charge in [-0.1, -0.05) is 64.7 Å². The summed E-state index contributed by atoms with van der Waals surface area (Å²) in [7, 11) is 0. The molecule has 0 fully saturated rings. The Morgan fingerprint density at radius 3 is 1.83 bits per heavy atom. The first-order valence-corrected chi connectivity index (χ1v) is 9.51. The van der Waals surface area contributed by atoms with Crippen molar-refractivity contribution in [2.24, 2.45) is 0 Å². The van der Waals surface area contributed by atoms with Gasteiger partial charge in [0, 0.05) is 13.5 Å². The van der Waals surface area contributed by atoms with Gasteiger partial charge in [0.05, 0.1) is 19.3 Å². The van der Waals surface area contributed by atoms with Crippen molar-refractivity contribution < 1.29 is 24.5 Å². The number of rotatable bonds is 16. The summed E-state index contributed by atoms with van der Waals surface area (Å²) in [5.74, 6) is -0.833. The third-order valence-corrected chi connectivity index (χ3v) is 3.48. The smallest absolute Gasteiger partial charge is 0.300 e. The molecule has 0 saturated heterocycles. The van der Waals surface area contributed by atoms with E-state index in [1.807, 2.05) is 6.92 Å². The molecule has 0 saturated carbocycles. The second kappa shape index (κ2) is 22.4. The minimum atomic E-state index is -0.833. The molecule has 1 N–H and O–H groups in total. The van der Waals surface area contributed by atoms with Crippen LogP contribution in [0.25, 0.3) is 0 Å². The average molecular weight is 348 g/mol. The van der Waals surface area contributed by atoms with E-state index < -0.39 is 5.97 Å². The predicted octanol–water partition coefficient (Wildman–Crippen LogP) is 4.85. The molecule has 1 unspecified atom stereocenters. The van der Waals surface area contributed by atoms with Gasteiger partial charge in [-0.15, -0.1) is 0 Å². The largest absolute Gasteiger partial charge is 0.481 e. The van der Waals surface area contributed by atoms with Gasteiger partial charge in [-0.2, -0.15) is 0 Å². The van der Waals surface area contributed by atoms with Gasteiger partial charge >= 0.3 is 0 Å². The molecule has 0 aliphatic heterocycles. The van der Waals surface area contributed by atoms with Crippen molar-refractivity contribution in [1.29, 1.82) is 0 Å². The lowest BCUT2D eigenvalue weighted by Gasteiger charge is -2.12. The zero-order chi connectivity index (χ0) is 18.5. The first-order chi connectivity index (χ1) is 11.5. The van der Waals surface area contributed by atoms with Crippen LogP contribution in [0.5, 0.6) is 0 Å². The van der Waals surface area contributed by atoms with Crippen molar-refractivity contribution in [3.8, 4) is 0 Å². The molecular formula is C19H39O5. The zero-order valence-corrected chi connectivity index (χ0v) is 16.1. The lowest BCUT2D eigenvalue weighted by molar-refractivity contribution is -0.134. The summed E-state index contributed by atoms with van der Waals surface area (Å²) >= 11 is 0. The van der Waals surface area contributed by atoms with Crippen LogP contribution in [0.1, 0.15) is 85.0 Å². The Kier molecular flexibility index (Phi) is 23.8. The van der Waals surface area contributed by atoms with Gasteiger partial charge in [-0.25, -0.2) is 5.11 Å². The number of ether oxygens (including phenoxy) is 2. The fraction of sp³-hybridized carbons (Fsp3) is 0.947. The third kappa shape index (κ3) is 29.4. The molecule has 5 heteroatoms. The quantitative estimate of drug-likeness (QED) is 0.405. The average Bonchev–Trinajstić information content (AvgIpc) is 2.53. The lowest BCUT2D eigenvalue weighted by atomic mass is 10.1. The van der Waals surface area contributed by atoms with Crippen molar-refractivity contribution in [1.82, 2.24) is 0 Å². The monoisotopic (exact) mass is 347 g/mol. The molecule has 0 rings (SSSR count). The van der Waals surface area contributed by atoms with Crippen LogP contribution in [-0.4, -0.2) is 43.6 Å². The van der Waals surface area contributed by atoms with Gasteiger partial charge in [0.25, 0.3) is 5.97 Å². The Hall–Kier alpha value is -0.650. The van der Waals surface area contributed by atoms with Crippen LogP contribution in [0.4, 0.5) is 0 Å². The number of unbranched alkanes of at least 4 members (excludes halogenated alkanes) is 9. The molecule has 0 aromatic carbocycles. The van der Waals surface area contributed by atoms with Crippen molar-refractivity contribution in [2.75, 3.05) is 26.4 Å². The normalized spacial score (nSPS) is 11.7. The molecule has 5 nitrogen and oxygen atoms in total. The Morgan fingerprint density at radius 1 is 0.917 bits per heavy atom. The molecule has 0 bridgehead atoms. The molecule has 24 heavy (non-hydrogen) atoms. The van der Waals surface area contributed by atoms with Crippen LogP contribution >= 0.6 is 0 Å². The molecule has 145 valence electrons. The van der Waals surface area contributed by atoms with Crippen molar-refractivity contribution in [3.05, 3.63) is 0 Å². The number of carboxylic acid groups (broad SMARTS) is 1. The number of hydrogen-bond donors (Lipinski definition) is 1. The van der Waals surface area contributed by atoms with Gasteiger partial charge in [0.1, 0.15) is 6.61 Å². The number of aliphatic carboxylic acids is 1. The van der Waals surface area contributed by atoms with Gasteiger partial charge in [-0.3, -0.25) is 4.79 Å². The third-order valence-electron chi connectivity index (χ3n) is 3.48. The van der Waals surface area contributed by atoms with Crippen LogP contribution < -0.4 is 0 Å². The van der Waals surface area contributed by atoms with E-state index in [0.717, 1.165) is 20.0 Å². The number of hydrogen-bond acceptors (Lipinski definition) is 3. The highest BCUT2D eigenvalue weighted by Gasteiger charge is 2.01. The molecule has 0 aromatic heterocycles. The molecule has 0 aromatic rings. The summed E-state index contributed by atoms with van der Waals surface area (Å²) in [6, 6.07) is 0. The lowest BCUT2D eigenvalue weighted by Crippen LogP contribution is -2.18. The van der Waals surface area contributed by atoms with Crippen LogP contribution in [0.2, 0.25) is 0 Å². The Morgan fingerprint density at radius 2 is 1.38 bits per heavy atom. The van der Waals surface area contributed by atoms with E-state index in [4.69, 9.17) is 19.4 Å². The molecular weight excluding hydrogens is 308 g/mol. The van der Waals surface area contributed by atoms with E-state index in [1.165, 1.54) is 57.8 Å². The molecule has 1 atom stereocenters. The predicted molar refractivity (Wildman–Crippen MR) is 96.9 cm³/mol. The first-order valence-electron chi connectivity index (χ1n) is 9.51. The SMILES string of the molecule is CC(=O)O.CCCCCCCCCCCCOCC(C)OCC[O]. The van der Waals surface area contributed by atoms with E-state index >= 15 is 0 Å². The molecule has 0 aliphatic carbocycles. The highest BCUT2D eigenvalue weighted by Crippen LogP contribution is 2.10. The van der Waals surface area contributed by atoms with Crippen molar-refractivity contribution in [3.63, 3.8) is 0 Å². The molecule has 1 radical (unpaired) electrons. The second-order valence-corrected chi connectivity index (χ2v) is 6.16. The van der Waals surface area contributed by atoms with Crippen LogP contribution in [-0.2, 0) is 19.4 Å². The van der Waals surface area contributed by atoms with Gasteiger partial charge in [0.15, 0.2) is 0 Å². The summed E-state index contributed by atoms with van der Waals surface area (Å²) < 4.78 is 10.8. The maximum atomic E-state index is 10.2. The van der Waals surface area contributed by atoms with Gasteiger partial charge in [0.2, 0.25) is 0 Å². The van der Waals surface area contributed by atoms with E-state index in [1.54, 1.807) is 0 Å². The highest BCUT2D eigenvalue weighted by molar-refractivity contribution is 5.62. The van der Waals surface area contributed by atoms with E-state index in [-0.39, 0.29) is 12.7 Å². The van der Waals surface area contributed by atoms with Gasteiger partial charge in [-0.05, 0) is 13.3 Å². The van der Waals surface area contributed by atoms with Crippen LogP contribution in [0, 0.1) is 0 Å². The van der Waals surface area contributed by atoms with E-state index in [9.17, 15) is 5.11 Å². The summed E-state index contributed by atoms with van der Waals surface area (Å²) in [5.41, 5.74) is 0. The maximum absolute atomic E-state index is 10.2. The fourth-order valence-electron chi connectivity index (χ4n) is 2.24. The summed E-state index contributed by atoms with van der Waals surface area (Å²) in [6.07, 6.45) is 13.5. The van der Waals surface area contributed by atoms with Crippen molar-refractivity contribution in [2.45, 2.75) is 91.1 Å². The Bertz CT molecular complexity index is 242. The van der Waals surface area contributed by atoms with Crippen LogP contribution in [0.15, 0.2) is 0 Å². The number of carbonyl (C=O) groups is 1. The molecule has 0 spiro atoms. The standard InChI is InChI=1S/C17H35O3.C2H4O2/c1-3-4-5-6-7-8-9-10-11-12-14-19-16-17(2)20-15-13-18;1-2(3)4/h17H,3-16H2,1-2H3;1H3,(H,3,4). The number of carboxylic acids is 1. The van der Waals surface area contributed by atoms with Crippen LogP contribution in [0.3, 0.4) is 0 Å². The molecule has 0 aliphatic rings. The first kappa shape index (κ1) is 25.6. The Balaban J connectivity index is 0. The minimum Gasteiger partial charge on any atom is -0.481 e. The summed E-state index contributed by atoms with van der Waals surface area (Å²) in [5, 5.41) is 17.7. The topological polar surface area (TPSA) is 75.7 Å². The Labute approximate surface area is 148 Å². The second-order valence-electron chi connectivity index (χ2n) is 6.16. The highest BCUT2D eigenvalue weighted by atomic mass is 16.5. The molecule has 0 amide bonds. The minimum absolute atomic E-state index is 0.0482. The van der Waals surface area contributed by atoms with E-state index in [0.29, 0.717) is 13.2 Å². The summed E-state index contributed by atoms with van der Waals surface area (Å²) in [4.78, 5) is 9.00. The van der Waals surface area contributed by atoms with E-state index in [2.05, 4.69) is 6.92 Å². The zero-order valence-electron chi connectivity index (χ0n) is 16.1.